The first-order valence-corrected chi connectivity index (χ1v) is 13.6. The Balaban J connectivity index is 0.000000226. The van der Waals surface area contributed by atoms with Gasteiger partial charge in [0, 0.05) is 0 Å². The van der Waals surface area contributed by atoms with Crippen molar-refractivity contribution < 1.29 is 79.2 Å². The van der Waals surface area contributed by atoms with Gasteiger partial charge in [-0.2, -0.15) is 0 Å². The Bertz CT molecular complexity index is 2250. The number of benzene rings is 5. The number of fused-ring (bicyclic) bond motifs is 2. The van der Waals surface area contributed by atoms with Crippen molar-refractivity contribution in [3.05, 3.63) is 117 Å². The molecule has 0 radical (unpaired) electrons. The summed E-state index contributed by atoms with van der Waals surface area (Å²) in [6, 6.07) is 16.1. The zero-order valence-corrected chi connectivity index (χ0v) is 24.8. The van der Waals surface area contributed by atoms with Crippen LogP contribution in [0.3, 0.4) is 0 Å². The van der Waals surface area contributed by atoms with E-state index in [1.54, 1.807) is 18.2 Å². The number of aromatic carboxylic acids is 8. The zero-order chi connectivity index (χ0) is 37.2. The van der Waals surface area contributed by atoms with Gasteiger partial charge >= 0.3 is 47.8 Å². The summed E-state index contributed by atoms with van der Waals surface area (Å²) in [5, 5.41) is 75.1. The SMILES string of the molecule is O=C(O)c1cc(-c2ccccc2)c(C(=O)O)c(C(=O)O)c1C(=O)O.O=C(O)c1ccc2cc3c(C(=O)O)c(C(=O)O)ccc3cc2c1C(=O)O. The molecule has 0 unspecified atom stereocenters. The van der Waals surface area contributed by atoms with Gasteiger partial charge in [-0.05, 0) is 63.0 Å². The largest absolute Gasteiger partial charge is 0.478 e. The van der Waals surface area contributed by atoms with E-state index < -0.39 is 92.3 Å². The molecule has 0 aliphatic rings. The van der Waals surface area contributed by atoms with Crippen molar-refractivity contribution in [2.75, 3.05) is 0 Å². The molecule has 5 rings (SSSR count). The van der Waals surface area contributed by atoms with Crippen LogP contribution in [0.25, 0.3) is 32.7 Å². The summed E-state index contributed by atoms with van der Waals surface area (Å²) in [6.45, 7) is 0. The Kier molecular flexibility index (Phi) is 9.60. The first-order valence-electron chi connectivity index (χ1n) is 13.6. The van der Waals surface area contributed by atoms with Gasteiger partial charge < -0.3 is 40.9 Å². The normalized spacial score (nSPS) is 10.5. The maximum absolute atomic E-state index is 11.6. The highest BCUT2D eigenvalue weighted by Gasteiger charge is 2.33. The monoisotopic (exact) mass is 684 g/mol. The van der Waals surface area contributed by atoms with Crippen LogP contribution < -0.4 is 0 Å². The summed E-state index contributed by atoms with van der Waals surface area (Å²) in [7, 11) is 0. The first-order chi connectivity index (χ1) is 23.5. The minimum atomic E-state index is -1.84. The van der Waals surface area contributed by atoms with E-state index >= 15 is 0 Å². The van der Waals surface area contributed by atoms with Crippen LogP contribution in [0.2, 0.25) is 0 Å². The molecule has 0 heterocycles. The third-order valence-electron chi connectivity index (χ3n) is 7.33. The lowest BCUT2D eigenvalue weighted by molar-refractivity contribution is 0.0620. The Morgan fingerprint density at radius 1 is 0.340 bits per heavy atom. The highest BCUT2D eigenvalue weighted by Crippen LogP contribution is 2.33. The number of carboxylic acids is 8. The summed E-state index contributed by atoms with van der Waals surface area (Å²) < 4.78 is 0. The molecule has 0 aliphatic heterocycles. The van der Waals surface area contributed by atoms with Crippen molar-refractivity contribution in [3.8, 4) is 11.1 Å². The predicted molar refractivity (Wildman–Crippen MR) is 169 cm³/mol. The van der Waals surface area contributed by atoms with Crippen LogP contribution in [0.15, 0.2) is 72.8 Å². The minimum Gasteiger partial charge on any atom is -0.478 e. The number of rotatable bonds is 9. The Labute approximate surface area is 276 Å². The summed E-state index contributed by atoms with van der Waals surface area (Å²) in [4.78, 5) is 91.5. The van der Waals surface area contributed by atoms with Crippen LogP contribution in [0.1, 0.15) is 82.9 Å². The molecular weight excluding hydrogens is 664 g/mol. The lowest BCUT2D eigenvalue weighted by atomic mass is 9.88. The molecule has 5 aromatic carbocycles. The lowest BCUT2D eigenvalue weighted by Crippen LogP contribution is -2.20. The zero-order valence-electron chi connectivity index (χ0n) is 24.8. The van der Waals surface area contributed by atoms with Crippen LogP contribution in [-0.2, 0) is 0 Å². The van der Waals surface area contributed by atoms with E-state index in [0.29, 0.717) is 0 Å². The van der Waals surface area contributed by atoms with Crippen LogP contribution in [0.4, 0.5) is 0 Å². The number of carboxylic acid groups (broad SMARTS) is 8. The molecule has 0 spiro atoms. The van der Waals surface area contributed by atoms with Gasteiger partial charge in [-0.25, -0.2) is 38.4 Å². The fraction of sp³-hybridized carbons (Fsp3) is 0. The topological polar surface area (TPSA) is 298 Å². The summed E-state index contributed by atoms with van der Waals surface area (Å²) in [5.74, 6) is -12.7. The summed E-state index contributed by atoms with van der Waals surface area (Å²) in [6.07, 6.45) is 0. The first kappa shape index (κ1) is 35.2. The molecule has 0 bridgehead atoms. The van der Waals surface area contributed by atoms with Crippen LogP contribution >= 0.6 is 0 Å². The molecular formula is C34H20O16. The van der Waals surface area contributed by atoms with Crippen molar-refractivity contribution in [1.82, 2.24) is 0 Å². The van der Waals surface area contributed by atoms with Crippen LogP contribution in [0.5, 0.6) is 0 Å². The van der Waals surface area contributed by atoms with Crippen molar-refractivity contribution in [2.45, 2.75) is 0 Å². The van der Waals surface area contributed by atoms with Gasteiger partial charge in [0.25, 0.3) is 0 Å². The molecule has 0 fully saturated rings. The predicted octanol–water partition coefficient (Wildman–Crippen LogP) is 4.93. The molecule has 5 aromatic rings. The summed E-state index contributed by atoms with van der Waals surface area (Å²) in [5.41, 5.74) is -5.32. The molecule has 0 aliphatic carbocycles. The molecule has 0 saturated heterocycles. The third kappa shape index (κ3) is 6.47. The molecule has 0 saturated carbocycles. The number of hydrogen-bond donors (Lipinski definition) is 8. The average Bonchev–Trinajstić information content (AvgIpc) is 3.05. The van der Waals surface area contributed by atoms with E-state index in [-0.39, 0.29) is 32.7 Å². The van der Waals surface area contributed by atoms with Crippen molar-refractivity contribution in [1.29, 1.82) is 0 Å². The molecule has 16 nitrogen and oxygen atoms in total. The highest BCUT2D eigenvalue weighted by molar-refractivity contribution is 6.19. The minimum absolute atomic E-state index is 0.115. The van der Waals surface area contributed by atoms with Gasteiger partial charge in [-0.3, -0.25) is 0 Å². The fourth-order valence-electron chi connectivity index (χ4n) is 5.32. The Hall–Kier alpha value is -7.62. The van der Waals surface area contributed by atoms with Gasteiger partial charge in [0.15, 0.2) is 0 Å². The molecule has 16 heteroatoms. The van der Waals surface area contributed by atoms with Crippen molar-refractivity contribution >= 4 is 69.3 Å². The van der Waals surface area contributed by atoms with E-state index in [2.05, 4.69) is 0 Å². The number of hydrogen-bond acceptors (Lipinski definition) is 8. The van der Waals surface area contributed by atoms with Gasteiger partial charge in [-0.15, -0.1) is 0 Å². The highest BCUT2D eigenvalue weighted by atomic mass is 16.4. The van der Waals surface area contributed by atoms with E-state index in [1.807, 2.05) is 0 Å². The molecule has 0 atom stereocenters. The molecule has 8 N–H and O–H groups in total. The molecule has 0 amide bonds. The van der Waals surface area contributed by atoms with Gasteiger partial charge in [0.1, 0.15) is 0 Å². The Morgan fingerprint density at radius 2 is 0.720 bits per heavy atom. The third-order valence-corrected chi connectivity index (χ3v) is 7.33. The Morgan fingerprint density at radius 3 is 1.06 bits per heavy atom. The number of carbonyl (C=O) groups is 8. The van der Waals surface area contributed by atoms with Gasteiger partial charge in [0.05, 0.1) is 44.5 Å². The second-order valence-electron chi connectivity index (χ2n) is 10.2. The van der Waals surface area contributed by atoms with E-state index in [4.69, 9.17) is 0 Å². The van der Waals surface area contributed by atoms with Crippen LogP contribution in [0, 0.1) is 0 Å². The van der Waals surface area contributed by atoms with Crippen LogP contribution in [-0.4, -0.2) is 88.6 Å². The lowest BCUT2D eigenvalue weighted by Gasteiger charge is -2.14. The van der Waals surface area contributed by atoms with Crippen molar-refractivity contribution in [3.63, 3.8) is 0 Å². The fourth-order valence-corrected chi connectivity index (χ4v) is 5.32. The quantitative estimate of drug-likeness (QED) is 0.0954. The summed E-state index contributed by atoms with van der Waals surface area (Å²) >= 11 is 0. The average molecular weight is 685 g/mol. The van der Waals surface area contributed by atoms with E-state index in [9.17, 15) is 79.2 Å². The molecule has 252 valence electrons. The second kappa shape index (κ2) is 13.6. The van der Waals surface area contributed by atoms with Gasteiger partial charge in [-0.1, -0.05) is 42.5 Å². The van der Waals surface area contributed by atoms with Crippen molar-refractivity contribution in [2.24, 2.45) is 0 Å². The van der Waals surface area contributed by atoms with E-state index in [0.717, 1.165) is 18.2 Å². The molecule has 50 heavy (non-hydrogen) atoms. The molecule has 0 aromatic heterocycles. The maximum atomic E-state index is 11.6. The van der Waals surface area contributed by atoms with Gasteiger partial charge in [0.2, 0.25) is 0 Å². The smallest absolute Gasteiger partial charge is 0.337 e. The second-order valence-corrected chi connectivity index (χ2v) is 10.2. The standard InChI is InChI=1S/C18H10O8.C16H10O8/c19-15(20)9-3-1-7-5-12-8(6-11(7)13(9)17(23)24)2-4-10(16(21)22)14(12)18(25)26;17-13(18)9-6-8(7-4-2-1-3-5-7)10(14(19)20)12(16(23)24)11(9)15(21)22/h1-6H,(H,19,20)(H,21,22)(H,23,24)(H,25,26);1-6H,(H,17,18)(H,19,20)(H,21,22)(H,23,24). The maximum Gasteiger partial charge on any atom is 0.337 e. The van der Waals surface area contributed by atoms with E-state index in [1.165, 1.54) is 36.4 Å².